The highest BCUT2D eigenvalue weighted by molar-refractivity contribution is 6.30. The van der Waals surface area contributed by atoms with Crippen molar-refractivity contribution in [3.05, 3.63) is 65.3 Å². The minimum Gasteiger partial charge on any atom is -0.410 e. The molecule has 29 heavy (non-hydrogen) atoms. The Labute approximate surface area is 175 Å². The third-order valence-corrected chi connectivity index (χ3v) is 5.13. The average Bonchev–Trinajstić information content (AvgIpc) is 3.09. The zero-order chi connectivity index (χ0) is 21.2. The molecule has 0 radical (unpaired) electrons. The third kappa shape index (κ3) is 4.15. The summed E-state index contributed by atoms with van der Waals surface area (Å²) in [6.45, 7) is 7.62. The Bertz CT molecular complexity index is 1030. The van der Waals surface area contributed by atoms with Crippen LogP contribution in [0.5, 0.6) is 5.75 Å². The largest absolute Gasteiger partial charge is 0.413 e. The van der Waals surface area contributed by atoms with Crippen LogP contribution in [-0.2, 0) is 10.3 Å². The number of hydrogen-bond acceptors (Lipinski definition) is 3. The summed E-state index contributed by atoms with van der Waals surface area (Å²) in [5.41, 5.74) is 0.350. The van der Waals surface area contributed by atoms with Crippen molar-refractivity contribution in [2.75, 3.05) is 0 Å². The first-order chi connectivity index (χ1) is 13.7. The molecule has 1 amide bonds. The van der Waals surface area contributed by atoms with Crippen molar-refractivity contribution in [2.24, 2.45) is 0 Å². The Balaban J connectivity index is 2.07. The number of carbonyl (C=O) groups excluding carboxylic acids is 2. The molecule has 152 valence electrons. The molecule has 0 bridgehead atoms. The van der Waals surface area contributed by atoms with E-state index in [0.29, 0.717) is 17.2 Å². The molecular weight excluding hydrogens is 388 g/mol. The maximum absolute atomic E-state index is 12.4. The zero-order valence-corrected chi connectivity index (χ0v) is 17.8. The second-order valence-electron chi connectivity index (χ2n) is 8.04. The second kappa shape index (κ2) is 7.91. The van der Waals surface area contributed by atoms with E-state index in [9.17, 15) is 9.59 Å². The van der Waals surface area contributed by atoms with E-state index in [2.05, 4.69) is 5.32 Å². The van der Waals surface area contributed by atoms with Crippen LogP contribution in [0.4, 0.5) is 4.79 Å². The van der Waals surface area contributed by atoms with Gasteiger partial charge in [-0.05, 0) is 63.1 Å². The Kier molecular flexibility index (Phi) is 5.71. The number of benzene rings is 2. The molecule has 0 saturated carbocycles. The van der Waals surface area contributed by atoms with Gasteiger partial charge in [0, 0.05) is 22.1 Å². The number of nitrogens with zero attached hydrogens (tertiary/aromatic N) is 1. The third-order valence-electron chi connectivity index (χ3n) is 4.88. The lowest BCUT2D eigenvalue weighted by Crippen LogP contribution is -2.42. The number of halogens is 1. The van der Waals surface area contributed by atoms with E-state index in [4.69, 9.17) is 16.3 Å². The van der Waals surface area contributed by atoms with Gasteiger partial charge in [0.25, 0.3) is 0 Å². The van der Waals surface area contributed by atoms with Crippen LogP contribution >= 0.6 is 11.6 Å². The minimum absolute atomic E-state index is 0.402. The van der Waals surface area contributed by atoms with Gasteiger partial charge in [-0.15, -0.1) is 0 Å². The molecule has 2 aromatic carbocycles. The smallest absolute Gasteiger partial charge is 0.410 e. The van der Waals surface area contributed by atoms with Crippen molar-refractivity contribution >= 4 is 34.9 Å². The minimum atomic E-state index is -0.890. The second-order valence-corrected chi connectivity index (χ2v) is 8.48. The lowest BCUT2D eigenvalue weighted by atomic mass is 9.88. The van der Waals surface area contributed by atoms with E-state index in [1.54, 1.807) is 18.2 Å². The standard InChI is InChI=1S/C23H25ClN2O3/c1-5-23(15-27,16-9-11-17(24)12-10-16)26-14-13-18-19(26)7-6-8-20(18)29-21(28)25-22(2,3)4/h6-15H,5H2,1-4H3,(H,25,28). The van der Waals surface area contributed by atoms with Gasteiger partial charge >= 0.3 is 6.09 Å². The van der Waals surface area contributed by atoms with Gasteiger partial charge in [0.15, 0.2) is 0 Å². The lowest BCUT2D eigenvalue weighted by Gasteiger charge is -2.30. The molecular formula is C23H25ClN2O3. The number of hydrogen-bond donors (Lipinski definition) is 1. The Morgan fingerprint density at radius 2 is 1.83 bits per heavy atom. The Hall–Kier alpha value is -2.79. The summed E-state index contributed by atoms with van der Waals surface area (Å²) in [5.74, 6) is 0.440. The van der Waals surface area contributed by atoms with Gasteiger partial charge in [-0.25, -0.2) is 4.79 Å². The van der Waals surface area contributed by atoms with Crippen molar-refractivity contribution in [2.45, 2.75) is 45.2 Å². The van der Waals surface area contributed by atoms with E-state index < -0.39 is 17.2 Å². The highest BCUT2D eigenvalue weighted by atomic mass is 35.5. The summed E-state index contributed by atoms with van der Waals surface area (Å²) < 4.78 is 7.47. The number of aromatic nitrogens is 1. The summed E-state index contributed by atoms with van der Waals surface area (Å²) in [6.07, 6.45) is 2.84. The molecule has 0 spiro atoms. The monoisotopic (exact) mass is 412 g/mol. The normalized spacial score (nSPS) is 13.7. The van der Waals surface area contributed by atoms with E-state index >= 15 is 0 Å². The van der Waals surface area contributed by atoms with Gasteiger partial charge < -0.3 is 19.4 Å². The first-order valence-electron chi connectivity index (χ1n) is 9.53. The summed E-state index contributed by atoms with van der Waals surface area (Å²) in [7, 11) is 0. The zero-order valence-electron chi connectivity index (χ0n) is 17.0. The van der Waals surface area contributed by atoms with E-state index in [1.165, 1.54) is 0 Å². The molecule has 1 atom stereocenters. The summed E-state index contributed by atoms with van der Waals surface area (Å²) in [6, 6.07) is 14.6. The topological polar surface area (TPSA) is 60.3 Å². The highest BCUT2D eigenvalue weighted by Gasteiger charge is 2.33. The van der Waals surface area contributed by atoms with Crippen LogP contribution in [0, 0.1) is 0 Å². The van der Waals surface area contributed by atoms with Gasteiger partial charge in [-0.1, -0.05) is 36.7 Å². The number of amides is 1. The SMILES string of the molecule is CCC(C=O)(c1ccc(Cl)cc1)n1ccc2c(OC(=O)NC(C)(C)C)cccc21. The van der Waals surface area contributed by atoms with Crippen LogP contribution in [0.3, 0.4) is 0 Å². The van der Waals surface area contributed by atoms with Crippen molar-refractivity contribution in [3.8, 4) is 5.75 Å². The molecule has 0 aliphatic heterocycles. The molecule has 3 aromatic rings. The summed E-state index contributed by atoms with van der Waals surface area (Å²) in [4.78, 5) is 24.6. The van der Waals surface area contributed by atoms with Gasteiger partial charge in [0.05, 0.1) is 5.52 Å². The van der Waals surface area contributed by atoms with Crippen LogP contribution in [0.1, 0.15) is 39.7 Å². The molecule has 1 aromatic heterocycles. The molecule has 1 unspecified atom stereocenters. The van der Waals surface area contributed by atoms with Crippen LogP contribution in [0.15, 0.2) is 54.7 Å². The molecule has 0 fully saturated rings. The molecule has 1 heterocycles. The predicted molar refractivity (Wildman–Crippen MR) is 116 cm³/mol. The van der Waals surface area contributed by atoms with Crippen molar-refractivity contribution in [1.82, 2.24) is 9.88 Å². The fraction of sp³-hybridized carbons (Fsp3) is 0.304. The average molecular weight is 413 g/mol. The summed E-state index contributed by atoms with van der Waals surface area (Å²) >= 11 is 6.03. The van der Waals surface area contributed by atoms with Gasteiger partial charge in [-0.2, -0.15) is 0 Å². The van der Waals surface area contributed by atoms with Crippen LogP contribution in [-0.4, -0.2) is 22.5 Å². The summed E-state index contributed by atoms with van der Waals surface area (Å²) in [5, 5.41) is 4.15. The fourth-order valence-electron chi connectivity index (χ4n) is 3.47. The maximum Gasteiger partial charge on any atom is 0.413 e. The van der Waals surface area contributed by atoms with Crippen LogP contribution in [0.2, 0.25) is 5.02 Å². The maximum atomic E-state index is 12.4. The molecule has 5 nitrogen and oxygen atoms in total. The van der Waals surface area contributed by atoms with Gasteiger partial charge in [-0.3, -0.25) is 0 Å². The number of ether oxygens (including phenoxy) is 1. The van der Waals surface area contributed by atoms with Crippen molar-refractivity contribution in [1.29, 1.82) is 0 Å². The number of fused-ring (bicyclic) bond motifs is 1. The lowest BCUT2D eigenvalue weighted by molar-refractivity contribution is -0.113. The first kappa shape index (κ1) is 20.9. The Morgan fingerprint density at radius 3 is 2.41 bits per heavy atom. The van der Waals surface area contributed by atoms with Gasteiger partial charge in [0.1, 0.15) is 17.6 Å². The van der Waals surface area contributed by atoms with Crippen LogP contribution in [0.25, 0.3) is 10.9 Å². The quantitative estimate of drug-likeness (QED) is 0.560. The number of carbonyl (C=O) groups is 2. The molecule has 0 aliphatic rings. The number of rotatable bonds is 5. The van der Waals surface area contributed by atoms with E-state index in [1.807, 2.05) is 68.8 Å². The van der Waals surface area contributed by atoms with E-state index in [0.717, 1.165) is 22.8 Å². The predicted octanol–water partition coefficient (Wildman–Crippen LogP) is 5.53. The van der Waals surface area contributed by atoms with Crippen molar-refractivity contribution in [3.63, 3.8) is 0 Å². The Morgan fingerprint density at radius 1 is 1.14 bits per heavy atom. The molecule has 6 heteroatoms. The first-order valence-corrected chi connectivity index (χ1v) is 9.91. The highest BCUT2D eigenvalue weighted by Crippen LogP contribution is 2.36. The molecule has 0 saturated heterocycles. The van der Waals surface area contributed by atoms with Gasteiger partial charge in [0.2, 0.25) is 0 Å². The molecule has 1 N–H and O–H groups in total. The molecule has 3 rings (SSSR count). The number of aldehydes is 1. The van der Waals surface area contributed by atoms with E-state index in [-0.39, 0.29) is 0 Å². The fourth-order valence-corrected chi connectivity index (χ4v) is 3.59. The number of nitrogens with one attached hydrogen (secondary N) is 1. The van der Waals surface area contributed by atoms with Crippen molar-refractivity contribution < 1.29 is 14.3 Å². The van der Waals surface area contributed by atoms with Crippen LogP contribution < -0.4 is 10.1 Å². The molecule has 0 aliphatic carbocycles.